The summed E-state index contributed by atoms with van der Waals surface area (Å²) in [5.41, 5.74) is 6.88. The zero-order valence-electron chi connectivity index (χ0n) is 10.4. The van der Waals surface area contributed by atoms with Gasteiger partial charge in [0, 0.05) is 16.1 Å². The van der Waals surface area contributed by atoms with E-state index in [1.54, 1.807) is 36.4 Å². The summed E-state index contributed by atoms with van der Waals surface area (Å²) in [6.07, 6.45) is 0. The van der Waals surface area contributed by atoms with Gasteiger partial charge in [-0.05, 0) is 41.8 Å². The van der Waals surface area contributed by atoms with Gasteiger partial charge in [0.2, 0.25) is 0 Å². The third kappa shape index (κ3) is 2.48. The number of halogens is 1. The van der Waals surface area contributed by atoms with Crippen molar-refractivity contribution < 1.29 is 9.18 Å². The molecule has 0 radical (unpaired) electrons. The number of nitrogens with two attached hydrogens (primary N) is 1. The summed E-state index contributed by atoms with van der Waals surface area (Å²) in [5.74, 6) is -0.528. The number of carbonyl (C=O) groups is 1. The minimum atomic E-state index is -0.304. The number of anilines is 2. The molecule has 2 aromatic carbocycles. The highest BCUT2D eigenvalue weighted by atomic mass is 32.1. The van der Waals surface area contributed by atoms with Gasteiger partial charge in [0.25, 0.3) is 5.91 Å². The molecular weight excluding hydrogens is 275 g/mol. The predicted octanol–water partition coefficient (Wildman–Crippen LogP) is 3.87. The van der Waals surface area contributed by atoms with E-state index < -0.39 is 0 Å². The molecule has 3 rings (SSSR count). The Morgan fingerprint density at radius 1 is 1.15 bits per heavy atom. The molecule has 0 aliphatic heterocycles. The number of rotatable bonds is 2. The first-order chi connectivity index (χ1) is 9.61. The summed E-state index contributed by atoms with van der Waals surface area (Å²) in [7, 11) is 0. The molecule has 0 unspecified atom stereocenters. The number of nitrogen functional groups attached to an aromatic ring is 1. The van der Waals surface area contributed by atoms with Crippen LogP contribution in [0.4, 0.5) is 15.8 Å². The number of benzene rings is 2. The molecule has 0 aliphatic rings. The number of hydrogen-bond donors (Lipinski definition) is 2. The molecule has 0 aliphatic carbocycles. The van der Waals surface area contributed by atoms with Crippen LogP contribution in [0.15, 0.2) is 48.5 Å². The van der Waals surface area contributed by atoms with Gasteiger partial charge in [-0.1, -0.05) is 12.1 Å². The van der Waals surface area contributed by atoms with Crippen molar-refractivity contribution in [3.8, 4) is 0 Å². The van der Waals surface area contributed by atoms with E-state index in [-0.39, 0.29) is 11.7 Å². The van der Waals surface area contributed by atoms with E-state index in [1.165, 1.54) is 23.5 Å². The lowest BCUT2D eigenvalue weighted by atomic mass is 10.2. The molecule has 0 fully saturated rings. The van der Waals surface area contributed by atoms with Gasteiger partial charge in [0.1, 0.15) is 5.82 Å². The largest absolute Gasteiger partial charge is 0.399 e. The summed E-state index contributed by atoms with van der Waals surface area (Å²) in [6, 6.07) is 13.2. The molecule has 3 aromatic rings. The second-order valence-electron chi connectivity index (χ2n) is 4.37. The molecule has 1 amide bonds. The Morgan fingerprint density at radius 3 is 2.80 bits per heavy atom. The predicted molar refractivity (Wildman–Crippen MR) is 80.6 cm³/mol. The highest BCUT2D eigenvalue weighted by molar-refractivity contribution is 7.20. The second-order valence-corrected chi connectivity index (χ2v) is 5.46. The molecule has 1 aromatic heterocycles. The number of thiophene rings is 1. The fourth-order valence-corrected chi connectivity index (χ4v) is 2.91. The molecule has 100 valence electrons. The third-order valence-electron chi connectivity index (χ3n) is 2.85. The number of amides is 1. The van der Waals surface area contributed by atoms with Gasteiger partial charge < -0.3 is 11.1 Å². The van der Waals surface area contributed by atoms with Crippen molar-refractivity contribution in [2.45, 2.75) is 0 Å². The Hall–Kier alpha value is -2.40. The Morgan fingerprint density at radius 2 is 2.00 bits per heavy atom. The van der Waals surface area contributed by atoms with Crippen LogP contribution in [-0.4, -0.2) is 5.91 Å². The van der Waals surface area contributed by atoms with Crippen molar-refractivity contribution >= 4 is 38.7 Å². The third-order valence-corrected chi connectivity index (χ3v) is 3.95. The molecule has 5 heteroatoms. The summed E-state index contributed by atoms with van der Waals surface area (Å²) < 4.78 is 13.9. The van der Waals surface area contributed by atoms with Crippen LogP contribution in [-0.2, 0) is 0 Å². The molecule has 3 N–H and O–H groups in total. The Bertz CT molecular complexity index is 797. The molecule has 3 nitrogen and oxygen atoms in total. The lowest BCUT2D eigenvalue weighted by molar-refractivity contribution is 0.103. The van der Waals surface area contributed by atoms with Crippen molar-refractivity contribution in [1.29, 1.82) is 0 Å². The van der Waals surface area contributed by atoms with E-state index in [0.717, 1.165) is 10.1 Å². The summed E-state index contributed by atoms with van der Waals surface area (Å²) in [6.45, 7) is 0. The van der Waals surface area contributed by atoms with Gasteiger partial charge in [0.15, 0.2) is 0 Å². The molecule has 20 heavy (non-hydrogen) atoms. The number of nitrogens with one attached hydrogen (secondary N) is 1. The SMILES string of the molecule is Nc1cccc(NC(=O)c2cc3ccc(F)cc3s2)c1. The summed E-state index contributed by atoms with van der Waals surface area (Å²) in [5, 5.41) is 3.63. The number of fused-ring (bicyclic) bond motifs is 1. The molecule has 0 saturated carbocycles. The first kappa shape index (κ1) is 12.6. The van der Waals surface area contributed by atoms with Crippen molar-refractivity contribution in [2.24, 2.45) is 0 Å². The van der Waals surface area contributed by atoms with Crippen LogP contribution in [0.2, 0.25) is 0 Å². The fourth-order valence-electron chi connectivity index (χ4n) is 1.93. The van der Waals surface area contributed by atoms with E-state index in [4.69, 9.17) is 5.73 Å². The standard InChI is InChI=1S/C15H11FN2OS/c16-10-5-4-9-6-14(20-13(9)7-10)15(19)18-12-3-1-2-11(17)8-12/h1-8H,17H2,(H,18,19). The van der Waals surface area contributed by atoms with Crippen molar-refractivity contribution in [1.82, 2.24) is 0 Å². The van der Waals surface area contributed by atoms with Gasteiger partial charge in [0.05, 0.1) is 4.88 Å². The van der Waals surface area contributed by atoms with Crippen molar-refractivity contribution in [3.63, 3.8) is 0 Å². The highest BCUT2D eigenvalue weighted by Crippen LogP contribution is 2.27. The average molecular weight is 286 g/mol. The van der Waals surface area contributed by atoms with E-state index in [0.29, 0.717) is 16.3 Å². The Balaban J connectivity index is 1.88. The van der Waals surface area contributed by atoms with E-state index in [1.807, 2.05) is 0 Å². The molecule has 0 saturated heterocycles. The van der Waals surface area contributed by atoms with E-state index in [2.05, 4.69) is 5.32 Å². The topological polar surface area (TPSA) is 55.1 Å². The number of hydrogen-bond acceptors (Lipinski definition) is 3. The minimum Gasteiger partial charge on any atom is -0.399 e. The first-order valence-corrected chi connectivity index (χ1v) is 6.79. The van der Waals surface area contributed by atoms with Gasteiger partial charge in [-0.25, -0.2) is 4.39 Å². The Labute approximate surface area is 118 Å². The maximum Gasteiger partial charge on any atom is 0.265 e. The van der Waals surface area contributed by atoms with Crippen LogP contribution >= 0.6 is 11.3 Å². The van der Waals surface area contributed by atoms with Crippen molar-refractivity contribution in [3.05, 3.63) is 59.2 Å². The van der Waals surface area contributed by atoms with Gasteiger partial charge >= 0.3 is 0 Å². The van der Waals surface area contributed by atoms with E-state index >= 15 is 0 Å². The molecular formula is C15H11FN2OS. The van der Waals surface area contributed by atoms with Gasteiger partial charge in [-0.2, -0.15) is 0 Å². The lowest BCUT2D eigenvalue weighted by Gasteiger charge is -2.03. The minimum absolute atomic E-state index is 0.225. The lowest BCUT2D eigenvalue weighted by Crippen LogP contribution is -2.10. The zero-order valence-corrected chi connectivity index (χ0v) is 11.2. The Kier molecular flexibility index (Phi) is 3.12. The van der Waals surface area contributed by atoms with Crippen molar-refractivity contribution in [2.75, 3.05) is 11.1 Å². The summed E-state index contributed by atoms with van der Waals surface area (Å²) in [4.78, 5) is 12.7. The molecule has 1 heterocycles. The average Bonchev–Trinajstić information content (AvgIpc) is 2.81. The van der Waals surface area contributed by atoms with E-state index in [9.17, 15) is 9.18 Å². The van der Waals surface area contributed by atoms with Gasteiger partial charge in [-0.3, -0.25) is 4.79 Å². The summed E-state index contributed by atoms with van der Waals surface area (Å²) >= 11 is 1.26. The smallest absolute Gasteiger partial charge is 0.265 e. The van der Waals surface area contributed by atoms with Crippen LogP contribution < -0.4 is 11.1 Å². The monoisotopic (exact) mass is 286 g/mol. The van der Waals surface area contributed by atoms with Crippen LogP contribution in [0.25, 0.3) is 10.1 Å². The zero-order chi connectivity index (χ0) is 14.1. The number of carbonyl (C=O) groups excluding carboxylic acids is 1. The van der Waals surface area contributed by atoms with Crippen LogP contribution in [0.3, 0.4) is 0 Å². The normalized spacial score (nSPS) is 10.7. The quantitative estimate of drug-likeness (QED) is 0.702. The van der Waals surface area contributed by atoms with Crippen LogP contribution in [0.5, 0.6) is 0 Å². The van der Waals surface area contributed by atoms with Crippen LogP contribution in [0, 0.1) is 5.82 Å². The van der Waals surface area contributed by atoms with Crippen LogP contribution in [0.1, 0.15) is 9.67 Å². The fraction of sp³-hybridized carbons (Fsp3) is 0. The molecule has 0 bridgehead atoms. The van der Waals surface area contributed by atoms with Gasteiger partial charge in [-0.15, -0.1) is 11.3 Å². The molecule has 0 spiro atoms. The maximum absolute atomic E-state index is 13.1. The maximum atomic E-state index is 13.1. The highest BCUT2D eigenvalue weighted by Gasteiger charge is 2.11. The first-order valence-electron chi connectivity index (χ1n) is 5.98. The second kappa shape index (κ2) is 4.94. The molecule has 0 atom stereocenters.